The molecule has 0 atom stereocenters. The lowest BCUT2D eigenvalue weighted by atomic mass is 9.55. The molecule has 0 spiro atoms. The summed E-state index contributed by atoms with van der Waals surface area (Å²) >= 11 is 0. The van der Waals surface area contributed by atoms with Crippen LogP contribution in [0.25, 0.3) is 0 Å². The summed E-state index contributed by atoms with van der Waals surface area (Å²) in [4.78, 5) is 0. The smallest absolute Gasteiger partial charge is 0.00142 e. The van der Waals surface area contributed by atoms with E-state index in [1.54, 1.807) is 154 Å². The number of hydrogen-bond acceptors (Lipinski definition) is 0. The molecule has 0 radical (unpaired) electrons. The average molecular weight is 631 g/mol. The van der Waals surface area contributed by atoms with Gasteiger partial charge in [0.1, 0.15) is 0 Å². The molecule has 16 bridgehead atoms. The molecule has 0 aliphatic heterocycles. The van der Waals surface area contributed by atoms with Crippen LogP contribution in [0.5, 0.6) is 0 Å². The van der Waals surface area contributed by atoms with Crippen LogP contribution in [0.4, 0.5) is 0 Å². The lowest BCUT2D eigenvalue weighted by Crippen LogP contribution is -2.60. The monoisotopic (exact) mass is 630 g/mol. The van der Waals surface area contributed by atoms with Crippen molar-refractivity contribution in [1.82, 2.24) is 0 Å². The van der Waals surface area contributed by atoms with E-state index in [0.29, 0.717) is 0 Å². The van der Waals surface area contributed by atoms with E-state index < -0.39 is 0 Å². The Morgan fingerprint density at radius 3 is 0.568 bits per heavy atom. The van der Waals surface area contributed by atoms with Crippen molar-refractivity contribution in [2.24, 2.45) is 71.0 Å². The normalized spacial score (nSPS) is 63.8. The molecule has 0 amide bonds. The van der Waals surface area contributed by atoms with Gasteiger partial charge in [-0.25, -0.2) is 0 Å². The van der Waals surface area contributed by atoms with Gasteiger partial charge in [-0.1, -0.05) is 22.8 Å². The zero-order valence-corrected chi connectivity index (χ0v) is 30.2. The van der Waals surface area contributed by atoms with Gasteiger partial charge in [0.15, 0.2) is 0 Å². The van der Waals surface area contributed by atoms with Gasteiger partial charge in [-0.05, 0) is 251 Å². The molecule has 16 fully saturated rings. The highest BCUT2D eigenvalue weighted by Gasteiger charge is 2.69. The fourth-order valence-electron chi connectivity index (χ4n) is 20.1. The Bertz CT molecular complexity index is 891. The standard InChI is InChI=1S/C42H64P2/c1-26(43(39-14-27-2-28(15-39)4-29(3-27)16-39)40-17-30-5-31(18-40)7-32(6-30)19-40)44(41-20-33-8-34(21-41)10-35(9-33)22-41)42-23-36-11-37(24-42)13-38(12-36)25-42/h26-38H,2-25H2,1H3. The summed E-state index contributed by atoms with van der Waals surface area (Å²) in [6.45, 7) is 3.14. The number of hydrogen-bond donors (Lipinski definition) is 0. The van der Waals surface area contributed by atoms with Crippen molar-refractivity contribution in [3.8, 4) is 0 Å². The third-order valence-corrected chi connectivity index (χ3v) is 28.0. The number of rotatable bonds is 6. The summed E-state index contributed by atoms with van der Waals surface area (Å²) in [5, 5.41) is 4.49. The van der Waals surface area contributed by atoms with Crippen LogP contribution in [0.2, 0.25) is 0 Å². The molecule has 0 aromatic carbocycles. The molecule has 0 heterocycles. The maximum Gasteiger partial charge on any atom is -0.00142 e. The van der Waals surface area contributed by atoms with Gasteiger partial charge in [0.05, 0.1) is 0 Å². The molecule has 44 heavy (non-hydrogen) atoms. The molecular weight excluding hydrogens is 566 g/mol. The van der Waals surface area contributed by atoms with Gasteiger partial charge >= 0.3 is 0 Å². The van der Waals surface area contributed by atoms with Gasteiger partial charge in [0, 0.05) is 0 Å². The van der Waals surface area contributed by atoms with Gasteiger partial charge in [-0.15, -0.1) is 0 Å². The molecule has 2 heteroatoms. The molecule has 0 nitrogen and oxygen atoms in total. The highest BCUT2D eigenvalue weighted by molar-refractivity contribution is 7.78. The SMILES string of the molecule is CC(P(C12CC3CC(CC(C3)C1)C2)C12CC3CC(CC(C3)C1)C2)P(C12CC3CC(CC(C3)C1)C2)C12CC3CC(CC(C3)C1)C2. The molecule has 0 aromatic rings. The van der Waals surface area contributed by atoms with Crippen LogP contribution in [0.15, 0.2) is 0 Å². The van der Waals surface area contributed by atoms with E-state index in [2.05, 4.69) is 6.92 Å². The maximum atomic E-state index is 3.14. The highest BCUT2D eigenvalue weighted by atomic mass is 31.2. The van der Waals surface area contributed by atoms with Crippen LogP contribution in [-0.2, 0) is 0 Å². The van der Waals surface area contributed by atoms with E-state index in [9.17, 15) is 0 Å². The third-order valence-electron chi connectivity index (χ3n) is 18.8. The molecule has 16 rings (SSSR count). The van der Waals surface area contributed by atoms with Crippen molar-refractivity contribution in [2.45, 2.75) is 187 Å². The second-order valence-electron chi connectivity index (χ2n) is 21.9. The van der Waals surface area contributed by atoms with Gasteiger partial charge in [-0.3, -0.25) is 0 Å². The molecule has 16 saturated carbocycles. The van der Waals surface area contributed by atoms with Crippen LogP contribution in [0.1, 0.15) is 161 Å². The van der Waals surface area contributed by atoms with Crippen LogP contribution in [0, 0.1) is 71.0 Å². The molecule has 16 aliphatic rings. The van der Waals surface area contributed by atoms with E-state index in [1.807, 2.05) is 0 Å². The van der Waals surface area contributed by atoms with Crippen molar-refractivity contribution in [3.63, 3.8) is 0 Å². The summed E-state index contributed by atoms with van der Waals surface area (Å²) in [6, 6.07) is 0. The van der Waals surface area contributed by atoms with Crippen LogP contribution >= 0.6 is 15.8 Å². The summed E-state index contributed by atoms with van der Waals surface area (Å²) in [5.74, 6) is 13.8. The van der Waals surface area contributed by atoms with E-state index in [4.69, 9.17) is 0 Å². The lowest BCUT2D eigenvalue weighted by Gasteiger charge is -2.73. The quantitative estimate of drug-likeness (QED) is 0.256. The minimum atomic E-state index is 0.115. The van der Waals surface area contributed by atoms with Gasteiger partial charge in [-0.2, -0.15) is 0 Å². The Morgan fingerprint density at radius 1 is 0.295 bits per heavy atom. The largest absolute Gasteiger partial charge is 0.0865 e. The van der Waals surface area contributed by atoms with Gasteiger partial charge in [0.2, 0.25) is 0 Å². The minimum absolute atomic E-state index is 0.115. The molecular formula is C42H64P2. The Morgan fingerprint density at radius 2 is 0.432 bits per heavy atom. The van der Waals surface area contributed by atoms with E-state index >= 15 is 0 Å². The molecule has 16 aliphatic carbocycles. The molecule has 0 unspecified atom stereocenters. The first-order chi connectivity index (χ1) is 21.3. The summed E-state index contributed by atoms with van der Waals surface area (Å²) in [5.41, 5.74) is 0. The first-order valence-electron chi connectivity index (χ1n) is 20.9. The minimum Gasteiger partial charge on any atom is -0.0865 e. The predicted molar refractivity (Wildman–Crippen MR) is 187 cm³/mol. The summed E-state index contributed by atoms with van der Waals surface area (Å²) in [6.07, 6.45) is 40.8. The van der Waals surface area contributed by atoms with E-state index in [1.165, 1.54) is 0 Å². The topological polar surface area (TPSA) is 0 Å². The second kappa shape index (κ2) is 9.15. The highest BCUT2D eigenvalue weighted by Crippen LogP contribution is 2.90. The molecule has 242 valence electrons. The van der Waals surface area contributed by atoms with Crippen LogP contribution < -0.4 is 0 Å². The van der Waals surface area contributed by atoms with Crippen molar-refractivity contribution >= 4 is 15.8 Å². The Kier molecular flexibility index (Phi) is 5.75. The fourth-order valence-corrected chi connectivity index (χ4v) is 34.7. The predicted octanol–water partition coefficient (Wildman–Crippen LogP) is 12.2. The Balaban J connectivity index is 1.03. The Labute approximate surface area is 273 Å². The average Bonchev–Trinajstić information content (AvgIpc) is 2.89. The van der Waals surface area contributed by atoms with E-state index in [0.717, 1.165) is 97.0 Å². The zero-order valence-electron chi connectivity index (χ0n) is 28.4. The molecule has 0 aromatic heterocycles. The van der Waals surface area contributed by atoms with Gasteiger partial charge in [0.25, 0.3) is 0 Å². The van der Waals surface area contributed by atoms with Crippen molar-refractivity contribution in [1.29, 1.82) is 0 Å². The third kappa shape index (κ3) is 3.79. The second-order valence-corrected chi connectivity index (χ2v) is 29.2. The van der Waals surface area contributed by atoms with Crippen molar-refractivity contribution < 1.29 is 0 Å². The fraction of sp³-hybridized carbons (Fsp3) is 1.00. The molecule has 0 N–H and O–H groups in total. The zero-order chi connectivity index (χ0) is 28.6. The van der Waals surface area contributed by atoms with Crippen LogP contribution in [0.3, 0.4) is 0 Å². The van der Waals surface area contributed by atoms with Crippen molar-refractivity contribution in [3.05, 3.63) is 0 Å². The Hall–Kier alpha value is 0.860. The van der Waals surface area contributed by atoms with Crippen molar-refractivity contribution in [2.75, 3.05) is 0 Å². The van der Waals surface area contributed by atoms with Crippen LogP contribution in [-0.4, -0.2) is 26.0 Å². The lowest BCUT2D eigenvalue weighted by molar-refractivity contribution is 0.0160. The first kappa shape index (κ1) is 27.7. The summed E-state index contributed by atoms with van der Waals surface area (Å²) in [7, 11) is 0.231. The first-order valence-corrected chi connectivity index (χ1v) is 23.7. The van der Waals surface area contributed by atoms with Gasteiger partial charge < -0.3 is 0 Å². The molecule has 0 saturated heterocycles. The van der Waals surface area contributed by atoms with E-state index in [-0.39, 0.29) is 15.8 Å². The summed E-state index contributed by atoms with van der Waals surface area (Å²) < 4.78 is 0. The maximum absolute atomic E-state index is 3.14.